The summed E-state index contributed by atoms with van der Waals surface area (Å²) in [7, 11) is -3.02. The van der Waals surface area contributed by atoms with E-state index < -0.39 is 9.84 Å². The third kappa shape index (κ3) is 0.939. The quantitative estimate of drug-likeness (QED) is 0.565. The average Bonchev–Trinajstić information content (AvgIpc) is 2.29. The van der Waals surface area contributed by atoms with Crippen molar-refractivity contribution in [1.82, 2.24) is 4.98 Å². The fraction of sp³-hybridized carbons (Fsp3) is 0.286. The van der Waals surface area contributed by atoms with Crippen molar-refractivity contribution in [1.29, 1.82) is 0 Å². The second-order valence-electron chi connectivity index (χ2n) is 2.54. The molecule has 1 aliphatic rings. The monoisotopic (exact) mass is 169 g/mol. The molecule has 0 aliphatic carbocycles. The van der Waals surface area contributed by atoms with Crippen LogP contribution in [0.1, 0.15) is 5.56 Å². The van der Waals surface area contributed by atoms with Gasteiger partial charge in [0.25, 0.3) is 0 Å². The Morgan fingerprint density at radius 1 is 1.45 bits per heavy atom. The standard InChI is InChI=1S/C7H7NO2S/c9-11(10)5-3-6-2-1-4-8-7(6)11/h1-2,4H,3,5H2. The highest BCUT2D eigenvalue weighted by Gasteiger charge is 2.26. The molecule has 2 heterocycles. The molecule has 0 saturated heterocycles. The molecule has 1 aromatic rings. The minimum atomic E-state index is -3.02. The lowest BCUT2D eigenvalue weighted by molar-refractivity contribution is 0.597. The van der Waals surface area contributed by atoms with Crippen LogP contribution in [0.2, 0.25) is 0 Å². The van der Waals surface area contributed by atoms with Crippen molar-refractivity contribution in [3.05, 3.63) is 23.9 Å². The van der Waals surface area contributed by atoms with Gasteiger partial charge in [0.1, 0.15) is 0 Å². The lowest BCUT2D eigenvalue weighted by Gasteiger charge is -1.92. The van der Waals surface area contributed by atoms with Gasteiger partial charge in [0, 0.05) is 6.20 Å². The Morgan fingerprint density at radius 3 is 3.00 bits per heavy atom. The van der Waals surface area contributed by atoms with Crippen LogP contribution in [0.4, 0.5) is 0 Å². The van der Waals surface area contributed by atoms with Gasteiger partial charge in [-0.2, -0.15) is 0 Å². The number of hydrogen-bond acceptors (Lipinski definition) is 3. The molecule has 1 aliphatic heterocycles. The summed E-state index contributed by atoms with van der Waals surface area (Å²) in [6, 6.07) is 3.58. The van der Waals surface area contributed by atoms with Gasteiger partial charge in [-0.15, -0.1) is 0 Å². The third-order valence-electron chi connectivity index (χ3n) is 1.78. The molecule has 2 rings (SSSR count). The fourth-order valence-corrected chi connectivity index (χ4v) is 2.71. The van der Waals surface area contributed by atoms with E-state index in [4.69, 9.17) is 0 Å². The van der Waals surface area contributed by atoms with E-state index in [0.29, 0.717) is 6.42 Å². The molecule has 0 bridgehead atoms. The van der Waals surface area contributed by atoms with Gasteiger partial charge in [-0.3, -0.25) is 0 Å². The molecular weight excluding hydrogens is 162 g/mol. The van der Waals surface area contributed by atoms with E-state index in [1.165, 1.54) is 6.20 Å². The Bertz CT molecular complexity index is 383. The molecule has 11 heavy (non-hydrogen) atoms. The van der Waals surface area contributed by atoms with Crippen LogP contribution in [0.25, 0.3) is 0 Å². The minimum absolute atomic E-state index is 0.222. The fourth-order valence-electron chi connectivity index (χ4n) is 1.24. The maximum absolute atomic E-state index is 11.2. The Morgan fingerprint density at radius 2 is 2.27 bits per heavy atom. The van der Waals surface area contributed by atoms with E-state index in [1.54, 1.807) is 6.07 Å². The van der Waals surface area contributed by atoms with Crippen molar-refractivity contribution < 1.29 is 8.42 Å². The van der Waals surface area contributed by atoms with Gasteiger partial charge >= 0.3 is 0 Å². The largest absolute Gasteiger partial charge is 0.244 e. The zero-order valence-corrected chi connectivity index (χ0v) is 6.63. The normalized spacial score (nSPS) is 19.6. The molecule has 0 radical (unpaired) electrons. The highest BCUT2D eigenvalue weighted by molar-refractivity contribution is 7.91. The number of rotatable bonds is 0. The van der Waals surface area contributed by atoms with Crippen LogP contribution >= 0.6 is 0 Å². The van der Waals surface area contributed by atoms with E-state index >= 15 is 0 Å². The number of hydrogen-bond donors (Lipinski definition) is 0. The average molecular weight is 169 g/mol. The van der Waals surface area contributed by atoms with Gasteiger partial charge in [0.15, 0.2) is 14.9 Å². The SMILES string of the molecule is O=S1(=O)CCc2cccnc21. The Hall–Kier alpha value is -0.900. The first kappa shape index (κ1) is 6.79. The molecule has 0 fully saturated rings. The summed E-state index contributed by atoms with van der Waals surface area (Å²) in [6.07, 6.45) is 2.13. The number of nitrogens with zero attached hydrogens (tertiary/aromatic N) is 1. The van der Waals surface area contributed by atoms with Crippen LogP contribution in [0.3, 0.4) is 0 Å². The molecule has 0 spiro atoms. The molecule has 0 saturated carbocycles. The first-order valence-corrected chi connectivity index (χ1v) is 5.02. The van der Waals surface area contributed by atoms with Crippen molar-refractivity contribution in [2.75, 3.05) is 5.75 Å². The molecule has 1 aromatic heterocycles. The van der Waals surface area contributed by atoms with Crippen molar-refractivity contribution in [3.8, 4) is 0 Å². The first-order chi connectivity index (χ1) is 5.20. The minimum Gasteiger partial charge on any atom is -0.244 e. The Labute approximate surface area is 65.0 Å². The van der Waals surface area contributed by atoms with Gasteiger partial charge in [-0.05, 0) is 18.1 Å². The summed E-state index contributed by atoms with van der Waals surface area (Å²) in [5.41, 5.74) is 0.854. The molecular formula is C7H7NO2S. The van der Waals surface area contributed by atoms with Gasteiger partial charge in [-0.25, -0.2) is 13.4 Å². The zero-order chi connectivity index (χ0) is 7.90. The highest BCUT2D eigenvalue weighted by Crippen LogP contribution is 2.22. The van der Waals surface area contributed by atoms with Crippen molar-refractivity contribution in [2.24, 2.45) is 0 Å². The van der Waals surface area contributed by atoms with Crippen LogP contribution in [0.5, 0.6) is 0 Å². The number of aromatic nitrogens is 1. The number of sulfone groups is 1. The molecule has 0 aromatic carbocycles. The van der Waals surface area contributed by atoms with E-state index in [1.807, 2.05) is 6.07 Å². The van der Waals surface area contributed by atoms with E-state index in [2.05, 4.69) is 4.98 Å². The second kappa shape index (κ2) is 2.04. The topological polar surface area (TPSA) is 47.0 Å². The molecule has 58 valence electrons. The summed E-state index contributed by atoms with van der Waals surface area (Å²) >= 11 is 0. The lowest BCUT2D eigenvalue weighted by Crippen LogP contribution is -2.00. The predicted octanol–water partition coefficient (Wildman–Crippen LogP) is 0.411. The van der Waals surface area contributed by atoms with Gasteiger partial charge in [-0.1, -0.05) is 6.07 Å². The number of pyridine rings is 1. The molecule has 0 N–H and O–H groups in total. The second-order valence-corrected chi connectivity index (χ2v) is 4.56. The highest BCUT2D eigenvalue weighted by atomic mass is 32.2. The van der Waals surface area contributed by atoms with Crippen molar-refractivity contribution in [2.45, 2.75) is 11.4 Å². The molecule has 0 unspecified atom stereocenters. The predicted molar refractivity (Wildman–Crippen MR) is 40.0 cm³/mol. The van der Waals surface area contributed by atoms with Crippen LogP contribution in [-0.4, -0.2) is 19.2 Å². The lowest BCUT2D eigenvalue weighted by atomic mass is 10.2. The van der Waals surface area contributed by atoms with Gasteiger partial charge < -0.3 is 0 Å². The van der Waals surface area contributed by atoms with Gasteiger partial charge in [0.05, 0.1) is 5.75 Å². The van der Waals surface area contributed by atoms with Crippen LogP contribution in [0, 0.1) is 0 Å². The Kier molecular flexibility index (Phi) is 1.26. The molecule has 4 heteroatoms. The smallest absolute Gasteiger partial charge is 0.196 e. The molecule has 0 amide bonds. The maximum Gasteiger partial charge on any atom is 0.196 e. The summed E-state index contributed by atoms with van der Waals surface area (Å²) in [5, 5.41) is 0.278. The van der Waals surface area contributed by atoms with Crippen molar-refractivity contribution >= 4 is 9.84 Å². The Balaban J connectivity index is 2.75. The van der Waals surface area contributed by atoms with Crippen LogP contribution in [-0.2, 0) is 16.3 Å². The van der Waals surface area contributed by atoms with E-state index in [-0.39, 0.29) is 10.8 Å². The number of fused-ring (bicyclic) bond motifs is 1. The summed E-state index contributed by atoms with van der Waals surface area (Å²) in [6.45, 7) is 0. The summed E-state index contributed by atoms with van der Waals surface area (Å²) in [4.78, 5) is 3.82. The summed E-state index contributed by atoms with van der Waals surface area (Å²) in [5.74, 6) is 0.222. The maximum atomic E-state index is 11.2. The third-order valence-corrected chi connectivity index (χ3v) is 3.48. The molecule has 0 atom stereocenters. The van der Waals surface area contributed by atoms with E-state index in [9.17, 15) is 8.42 Å². The van der Waals surface area contributed by atoms with Crippen LogP contribution in [0.15, 0.2) is 23.4 Å². The number of aryl methyl sites for hydroxylation is 1. The van der Waals surface area contributed by atoms with Crippen LogP contribution < -0.4 is 0 Å². The molecule has 3 nitrogen and oxygen atoms in total. The first-order valence-electron chi connectivity index (χ1n) is 3.37. The van der Waals surface area contributed by atoms with Gasteiger partial charge in [0.2, 0.25) is 0 Å². The zero-order valence-electron chi connectivity index (χ0n) is 5.82. The van der Waals surface area contributed by atoms with Crippen molar-refractivity contribution in [3.63, 3.8) is 0 Å². The summed E-state index contributed by atoms with van der Waals surface area (Å²) < 4.78 is 22.4. The van der Waals surface area contributed by atoms with E-state index in [0.717, 1.165) is 5.56 Å².